The van der Waals surface area contributed by atoms with Gasteiger partial charge in [-0.05, 0) is 12.1 Å². The number of aromatic nitrogens is 3. The van der Waals surface area contributed by atoms with Gasteiger partial charge in [0.25, 0.3) is 5.56 Å². The SMILES string of the molecule is C#CCn1c(-c2ccc(Cl)c(Cl)c2)c(N(N)c2cc(F)c(F)cc2N)c(=O)n(-c2cncc3ccccc23)c1=O. The number of benzene rings is 3. The Balaban J connectivity index is 1.96. The van der Waals surface area contributed by atoms with Crippen molar-refractivity contribution < 1.29 is 8.78 Å². The molecule has 0 saturated carbocycles. The molecule has 8 nitrogen and oxygen atoms in total. The molecule has 0 unspecified atom stereocenters. The van der Waals surface area contributed by atoms with E-state index in [1.165, 1.54) is 24.4 Å². The van der Waals surface area contributed by atoms with Gasteiger partial charge >= 0.3 is 5.69 Å². The third-order valence-electron chi connectivity index (χ3n) is 6.22. The van der Waals surface area contributed by atoms with E-state index in [4.69, 9.17) is 41.2 Å². The predicted molar refractivity (Wildman–Crippen MR) is 153 cm³/mol. The minimum Gasteiger partial charge on any atom is -0.397 e. The van der Waals surface area contributed by atoms with Gasteiger partial charge in [0.2, 0.25) is 0 Å². The average Bonchev–Trinajstić information content (AvgIpc) is 2.93. The number of rotatable bonds is 5. The zero-order valence-electron chi connectivity index (χ0n) is 20.4. The van der Waals surface area contributed by atoms with Gasteiger partial charge in [-0.1, -0.05) is 59.5 Å². The number of pyridine rings is 1. The van der Waals surface area contributed by atoms with Gasteiger partial charge in [-0.3, -0.25) is 19.4 Å². The number of nitrogen functional groups attached to an aromatic ring is 1. The molecule has 3 aromatic carbocycles. The van der Waals surface area contributed by atoms with Gasteiger partial charge in [0.1, 0.15) is 5.69 Å². The van der Waals surface area contributed by atoms with E-state index in [-0.39, 0.29) is 50.6 Å². The number of hydrogen-bond donors (Lipinski definition) is 2. The molecule has 2 aromatic heterocycles. The number of halogens is 4. The molecule has 0 fully saturated rings. The first-order chi connectivity index (χ1) is 19.1. The first-order valence-corrected chi connectivity index (χ1v) is 12.3. The van der Waals surface area contributed by atoms with Crippen molar-refractivity contribution in [2.45, 2.75) is 6.54 Å². The van der Waals surface area contributed by atoms with E-state index in [0.717, 1.165) is 26.3 Å². The molecule has 0 bridgehead atoms. The third-order valence-corrected chi connectivity index (χ3v) is 6.96. The Morgan fingerprint density at radius 2 is 1.73 bits per heavy atom. The van der Waals surface area contributed by atoms with Gasteiger partial charge in [-0.25, -0.2) is 24.0 Å². The van der Waals surface area contributed by atoms with Crippen molar-refractivity contribution in [3.05, 3.63) is 110 Å². The van der Waals surface area contributed by atoms with Crippen molar-refractivity contribution in [2.75, 3.05) is 10.7 Å². The summed E-state index contributed by atoms with van der Waals surface area (Å²) in [5.41, 5.74) is 3.74. The molecule has 0 aliphatic heterocycles. The molecule has 0 amide bonds. The second-order valence-electron chi connectivity index (χ2n) is 8.61. The number of anilines is 3. The quantitative estimate of drug-likeness (QED) is 0.131. The number of terminal acetylenes is 1. The minimum atomic E-state index is -1.26. The van der Waals surface area contributed by atoms with Gasteiger partial charge in [0.05, 0.1) is 45.5 Å². The van der Waals surface area contributed by atoms with E-state index in [1.54, 1.807) is 30.5 Å². The van der Waals surface area contributed by atoms with Crippen LogP contribution in [-0.4, -0.2) is 14.1 Å². The molecular formula is C28H18Cl2F2N6O2. The van der Waals surface area contributed by atoms with Crippen LogP contribution in [0.1, 0.15) is 0 Å². The second kappa shape index (κ2) is 10.5. The molecule has 0 spiro atoms. The van der Waals surface area contributed by atoms with Crippen LogP contribution in [0.4, 0.5) is 25.8 Å². The molecule has 0 atom stereocenters. The first kappa shape index (κ1) is 26.9. The van der Waals surface area contributed by atoms with Crippen LogP contribution in [0.15, 0.2) is 76.6 Å². The Morgan fingerprint density at radius 1 is 1.00 bits per heavy atom. The van der Waals surface area contributed by atoms with E-state index in [2.05, 4.69) is 10.9 Å². The molecule has 40 heavy (non-hydrogen) atoms. The highest BCUT2D eigenvalue weighted by Gasteiger charge is 2.27. The van der Waals surface area contributed by atoms with Gasteiger partial charge < -0.3 is 5.73 Å². The Morgan fingerprint density at radius 3 is 2.45 bits per heavy atom. The lowest BCUT2D eigenvalue weighted by Gasteiger charge is -2.26. The average molecular weight is 579 g/mol. The summed E-state index contributed by atoms with van der Waals surface area (Å²) in [6.07, 6.45) is 8.56. The van der Waals surface area contributed by atoms with E-state index in [0.29, 0.717) is 10.8 Å². The second-order valence-corrected chi connectivity index (χ2v) is 9.43. The number of fused-ring (bicyclic) bond motifs is 1. The fourth-order valence-electron chi connectivity index (χ4n) is 4.40. The van der Waals surface area contributed by atoms with Gasteiger partial charge in [0, 0.05) is 34.7 Å². The third kappa shape index (κ3) is 4.46. The van der Waals surface area contributed by atoms with Crippen LogP contribution >= 0.6 is 23.2 Å². The van der Waals surface area contributed by atoms with E-state index in [1.807, 2.05) is 0 Å². The molecule has 2 heterocycles. The number of hydrogen-bond acceptors (Lipinski definition) is 6. The zero-order valence-corrected chi connectivity index (χ0v) is 21.9. The Bertz CT molecular complexity index is 1980. The summed E-state index contributed by atoms with van der Waals surface area (Å²) in [5, 5.41) is 2.29. The van der Waals surface area contributed by atoms with Crippen molar-refractivity contribution in [3.63, 3.8) is 0 Å². The molecule has 0 aliphatic rings. The summed E-state index contributed by atoms with van der Waals surface area (Å²) in [6, 6.07) is 12.8. The zero-order chi connectivity index (χ0) is 28.7. The van der Waals surface area contributed by atoms with Crippen LogP contribution in [0.25, 0.3) is 27.7 Å². The van der Waals surface area contributed by atoms with Crippen molar-refractivity contribution in [1.29, 1.82) is 0 Å². The summed E-state index contributed by atoms with van der Waals surface area (Å²) in [7, 11) is 0. The van der Waals surface area contributed by atoms with Crippen LogP contribution in [0, 0.1) is 24.0 Å². The van der Waals surface area contributed by atoms with Crippen LogP contribution in [-0.2, 0) is 6.54 Å². The molecule has 12 heteroatoms. The van der Waals surface area contributed by atoms with Crippen LogP contribution in [0.2, 0.25) is 10.0 Å². The molecule has 0 saturated heterocycles. The van der Waals surface area contributed by atoms with Crippen LogP contribution in [0.5, 0.6) is 0 Å². The van der Waals surface area contributed by atoms with E-state index < -0.39 is 22.9 Å². The maximum absolute atomic E-state index is 14.3. The maximum Gasteiger partial charge on any atom is 0.337 e. The molecule has 5 rings (SSSR count). The molecule has 0 aliphatic carbocycles. The van der Waals surface area contributed by atoms with Crippen molar-refractivity contribution in [1.82, 2.24) is 14.1 Å². The maximum atomic E-state index is 14.3. The Labute approximate surface area is 235 Å². The smallest absolute Gasteiger partial charge is 0.337 e. The summed E-state index contributed by atoms with van der Waals surface area (Å²) in [5.74, 6) is 6.37. The monoisotopic (exact) mass is 578 g/mol. The highest BCUT2D eigenvalue weighted by atomic mass is 35.5. The topological polar surface area (TPSA) is 112 Å². The highest BCUT2D eigenvalue weighted by molar-refractivity contribution is 6.42. The summed E-state index contributed by atoms with van der Waals surface area (Å²) in [4.78, 5) is 32.5. The van der Waals surface area contributed by atoms with Crippen LogP contribution in [0.3, 0.4) is 0 Å². The van der Waals surface area contributed by atoms with Crippen LogP contribution < -0.4 is 27.8 Å². The minimum absolute atomic E-state index is 0.0532. The highest BCUT2D eigenvalue weighted by Crippen LogP contribution is 2.36. The molecule has 200 valence electrons. The fraction of sp³-hybridized carbons (Fsp3) is 0.0357. The standard InChI is InChI=1S/C28H18Cl2F2N6O2/c1-2-9-36-25(15-7-8-18(29)19(30)10-15)26(38(34)23-12-21(32)20(31)11-22(23)33)27(39)37(28(36)40)24-14-35-13-16-5-3-4-6-17(16)24/h1,3-8,10-14H,9,33-34H2. The molecule has 5 aromatic rings. The lowest BCUT2D eigenvalue weighted by atomic mass is 10.1. The summed E-state index contributed by atoms with van der Waals surface area (Å²) < 4.78 is 30.2. The normalized spacial score (nSPS) is 11.0. The first-order valence-electron chi connectivity index (χ1n) is 11.5. The van der Waals surface area contributed by atoms with Gasteiger partial charge in [-0.2, -0.15) is 0 Å². The number of hydrazine groups is 1. The molecule has 4 N–H and O–H groups in total. The Kier molecular flexibility index (Phi) is 7.04. The van der Waals surface area contributed by atoms with E-state index in [9.17, 15) is 18.4 Å². The van der Waals surface area contributed by atoms with E-state index >= 15 is 0 Å². The molecular weight excluding hydrogens is 561 g/mol. The van der Waals surface area contributed by atoms with Crippen molar-refractivity contribution >= 4 is 51.0 Å². The number of nitrogens with two attached hydrogens (primary N) is 2. The predicted octanol–water partition coefficient (Wildman–Crippen LogP) is 5.03. The largest absolute Gasteiger partial charge is 0.397 e. The summed E-state index contributed by atoms with van der Waals surface area (Å²) >= 11 is 12.4. The lowest BCUT2D eigenvalue weighted by Crippen LogP contribution is -2.44. The number of nitrogens with zero attached hydrogens (tertiary/aromatic N) is 4. The van der Waals surface area contributed by atoms with Gasteiger partial charge in [0.15, 0.2) is 11.6 Å². The fourth-order valence-corrected chi connectivity index (χ4v) is 4.70. The van der Waals surface area contributed by atoms with Gasteiger partial charge in [-0.15, -0.1) is 6.42 Å². The Hall–Kier alpha value is -4.69. The summed E-state index contributed by atoms with van der Waals surface area (Å²) in [6.45, 7) is -0.305. The molecule has 0 radical (unpaired) electrons. The lowest BCUT2D eigenvalue weighted by molar-refractivity contribution is 0.509. The van der Waals surface area contributed by atoms with Crippen molar-refractivity contribution in [2.24, 2.45) is 5.84 Å². The van der Waals surface area contributed by atoms with Crippen molar-refractivity contribution in [3.8, 4) is 29.3 Å².